The number of hydrogen-bond donors (Lipinski definition) is 3. The quantitative estimate of drug-likeness (QED) is 0.521. The number of benzene rings is 1. The van der Waals surface area contributed by atoms with Gasteiger partial charge in [0, 0.05) is 18.7 Å². The van der Waals surface area contributed by atoms with E-state index in [1.165, 1.54) is 24.3 Å². The third kappa shape index (κ3) is 5.47. The van der Waals surface area contributed by atoms with Gasteiger partial charge in [-0.1, -0.05) is 25.5 Å². The van der Waals surface area contributed by atoms with Crippen molar-refractivity contribution < 1.29 is 19.6 Å². The highest BCUT2D eigenvalue weighted by molar-refractivity contribution is 5.82. The van der Waals surface area contributed by atoms with Gasteiger partial charge in [-0.05, 0) is 12.0 Å². The molecule has 0 fully saturated rings. The first kappa shape index (κ1) is 16.4. The van der Waals surface area contributed by atoms with Crippen LogP contribution < -0.4 is 10.6 Å². The monoisotopic (exact) mass is 295 g/mol. The molecule has 8 nitrogen and oxygen atoms in total. The Balaban J connectivity index is 2.48. The predicted molar refractivity (Wildman–Crippen MR) is 74.8 cm³/mol. The first-order valence-electron chi connectivity index (χ1n) is 6.44. The van der Waals surface area contributed by atoms with Gasteiger partial charge in [0.25, 0.3) is 5.69 Å². The summed E-state index contributed by atoms with van der Waals surface area (Å²) < 4.78 is 0. The van der Waals surface area contributed by atoms with Crippen LogP contribution in [0.25, 0.3) is 0 Å². The zero-order valence-electron chi connectivity index (χ0n) is 11.5. The van der Waals surface area contributed by atoms with Crippen LogP contribution in [0.3, 0.4) is 0 Å². The Bertz CT molecular complexity index is 515. The van der Waals surface area contributed by atoms with Gasteiger partial charge in [0.05, 0.1) is 4.92 Å². The number of aliphatic carboxylic acids is 1. The zero-order valence-corrected chi connectivity index (χ0v) is 11.5. The minimum absolute atomic E-state index is 0.0305. The lowest BCUT2D eigenvalue weighted by Gasteiger charge is -2.14. The average molecular weight is 295 g/mol. The molecule has 0 aliphatic heterocycles. The Morgan fingerprint density at radius 2 is 1.95 bits per heavy atom. The molecule has 0 bridgehead atoms. The van der Waals surface area contributed by atoms with Crippen molar-refractivity contribution in [1.82, 2.24) is 10.6 Å². The van der Waals surface area contributed by atoms with Crippen molar-refractivity contribution in [2.24, 2.45) is 0 Å². The maximum Gasteiger partial charge on any atom is 0.326 e. The van der Waals surface area contributed by atoms with Gasteiger partial charge in [-0.25, -0.2) is 9.59 Å². The molecule has 1 aromatic carbocycles. The van der Waals surface area contributed by atoms with Crippen LogP contribution >= 0.6 is 0 Å². The number of urea groups is 1. The van der Waals surface area contributed by atoms with Gasteiger partial charge in [0.15, 0.2) is 0 Å². The van der Waals surface area contributed by atoms with Crippen LogP contribution in [0.5, 0.6) is 0 Å². The molecule has 3 N–H and O–H groups in total. The van der Waals surface area contributed by atoms with Crippen molar-refractivity contribution in [3.63, 3.8) is 0 Å². The minimum atomic E-state index is -1.08. The third-order valence-electron chi connectivity index (χ3n) is 2.78. The van der Waals surface area contributed by atoms with Crippen LogP contribution in [0.2, 0.25) is 0 Å². The van der Waals surface area contributed by atoms with E-state index in [-0.39, 0.29) is 12.2 Å². The van der Waals surface area contributed by atoms with Crippen LogP contribution in [0.1, 0.15) is 25.3 Å². The van der Waals surface area contributed by atoms with Gasteiger partial charge in [-0.15, -0.1) is 0 Å². The molecule has 0 unspecified atom stereocenters. The van der Waals surface area contributed by atoms with Gasteiger partial charge in [-0.2, -0.15) is 0 Å². The number of carbonyl (C=O) groups is 2. The number of nitrogens with one attached hydrogen (secondary N) is 2. The summed E-state index contributed by atoms with van der Waals surface area (Å²) in [5, 5.41) is 24.3. The Morgan fingerprint density at radius 1 is 1.33 bits per heavy atom. The van der Waals surface area contributed by atoms with Crippen LogP contribution in [-0.4, -0.2) is 28.1 Å². The molecule has 0 aromatic heterocycles. The molecule has 1 rings (SSSR count). The SMILES string of the molecule is CCC[C@H](NC(=O)NCc1ccc([N+](=O)[O-])cc1)C(=O)O. The molecule has 0 aliphatic carbocycles. The number of carboxylic acid groups (broad SMARTS) is 1. The van der Waals surface area contributed by atoms with Crippen molar-refractivity contribution in [3.05, 3.63) is 39.9 Å². The normalized spacial score (nSPS) is 11.5. The summed E-state index contributed by atoms with van der Waals surface area (Å²) in [4.78, 5) is 32.5. The zero-order chi connectivity index (χ0) is 15.8. The number of nitrogens with zero attached hydrogens (tertiary/aromatic N) is 1. The standard InChI is InChI=1S/C13H17N3O5/c1-2-3-11(12(17)18)15-13(19)14-8-9-4-6-10(7-5-9)16(20)21/h4-7,11H,2-3,8H2,1H3,(H,17,18)(H2,14,15,19)/t11-/m0/s1. The molecule has 0 heterocycles. The van der Waals surface area contributed by atoms with E-state index in [0.717, 1.165) is 0 Å². The molecular weight excluding hydrogens is 278 g/mol. The Hall–Kier alpha value is -2.64. The second-order valence-electron chi connectivity index (χ2n) is 4.43. The van der Waals surface area contributed by atoms with Gasteiger partial charge < -0.3 is 15.7 Å². The van der Waals surface area contributed by atoms with Crippen LogP contribution in [0.15, 0.2) is 24.3 Å². The molecular formula is C13H17N3O5. The first-order valence-corrected chi connectivity index (χ1v) is 6.44. The Labute approximate surface area is 121 Å². The second kappa shape index (κ2) is 7.83. The van der Waals surface area contributed by atoms with Crippen molar-refractivity contribution >= 4 is 17.7 Å². The lowest BCUT2D eigenvalue weighted by atomic mass is 10.2. The maximum atomic E-state index is 11.6. The summed E-state index contributed by atoms with van der Waals surface area (Å²) in [5.74, 6) is -1.08. The van der Waals surface area contributed by atoms with E-state index >= 15 is 0 Å². The van der Waals surface area contributed by atoms with Crippen molar-refractivity contribution in [2.75, 3.05) is 0 Å². The molecule has 1 atom stereocenters. The first-order chi connectivity index (χ1) is 9.93. The van der Waals surface area contributed by atoms with E-state index < -0.39 is 23.0 Å². The number of non-ortho nitro benzene ring substituents is 1. The summed E-state index contributed by atoms with van der Waals surface area (Å²) in [6.45, 7) is 1.98. The molecule has 114 valence electrons. The molecule has 0 aliphatic rings. The summed E-state index contributed by atoms with van der Waals surface area (Å²) in [7, 11) is 0. The predicted octanol–water partition coefficient (Wildman–Crippen LogP) is 1.65. The van der Waals surface area contributed by atoms with Gasteiger partial charge in [-0.3, -0.25) is 10.1 Å². The van der Waals surface area contributed by atoms with Gasteiger partial charge >= 0.3 is 12.0 Å². The lowest BCUT2D eigenvalue weighted by Crippen LogP contribution is -2.45. The molecule has 1 aromatic rings. The topological polar surface area (TPSA) is 122 Å². The van der Waals surface area contributed by atoms with Crippen LogP contribution in [0, 0.1) is 10.1 Å². The highest BCUT2D eigenvalue weighted by Crippen LogP contribution is 2.11. The van der Waals surface area contributed by atoms with Crippen molar-refractivity contribution in [2.45, 2.75) is 32.4 Å². The lowest BCUT2D eigenvalue weighted by molar-refractivity contribution is -0.384. The molecule has 8 heteroatoms. The largest absolute Gasteiger partial charge is 0.480 e. The number of carbonyl (C=O) groups excluding carboxylic acids is 1. The van der Waals surface area contributed by atoms with E-state index in [1.807, 2.05) is 6.92 Å². The molecule has 21 heavy (non-hydrogen) atoms. The van der Waals surface area contributed by atoms with E-state index in [2.05, 4.69) is 10.6 Å². The number of nitro groups is 1. The molecule has 0 saturated heterocycles. The molecule has 0 radical (unpaired) electrons. The summed E-state index contributed by atoms with van der Waals surface area (Å²) >= 11 is 0. The van der Waals surface area contributed by atoms with Gasteiger partial charge in [0.1, 0.15) is 6.04 Å². The minimum Gasteiger partial charge on any atom is -0.480 e. The van der Waals surface area contributed by atoms with E-state index in [1.54, 1.807) is 0 Å². The maximum absolute atomic E-state index is 11.6. The number of carboxylic acids is 1. The highest BCUT2D eigenvalue weighted by Gasteiger charge is 2.18. The van der Waals surface area contributed by atoms with E-state index in [4.69, 9.17) is 5.11 Å². The number of hydrogen-bond acceptors (Lipinski definition) is 4. The van der Waals surface area contributed by atoms with Crippen LogP contribution in [-0.2, 0) is 11.3 Å². The van der Waals surface area contributed by atoms with Crippen LogP contribution in [0.4, 0.5) is 10.5 Å². The summed E-state index contributed by atoms with van der Waals surface area (Å²) in [6, 6.07) is 4.22. The highest BCUT2D eigenvalue weighted by atomic mass is 16.6. The fourth-order valence-corrected chi connectivity index (χ4v) is 1.67. The molecule has 0 spiro atoms. The van der Waals surface area contributed by atoms with E-state index in [9.17, 15) is 19.7 Å². The summed E-state index contributed by atoms with van der Waals surface area (Å²) in [6.07, 6.45) is 0.986. The average Bonchev–Trinajstić information content (AvgIpc) is 2.45. The smallest absolute Gasteiger partial charge is 0.326 e. The fraction of sp³-hybridized carbons (Fsp3) is 0.385. The number of amides is 2. The van der Waals surface area contributed by atoms with E-state index in [0.29, 0.717) is 18.4 Å². The second-order valence-corrected chi connectivity index (χ2v) is 4.43. The number of rotatable bonds is 7. The fourth-order valence-electron chi connectivity index (χ4n) is 1.67. The molecule has 2 amide bonds. The Kier molecular flexibility index (Phi) is 6.12. The van der Waals surface area contributed by atoms with Crippen molar-refractivity contribution in [1.29, 1.82) is 0 Å². The third-order valence-corrected chi connectivity index (χ3v) is 2.78. The van der Waals surface area contributed by atoms with Crippen molar-refractivity contribution in [3.8, 4) is 0 Å². The van der Waals surface area contributed by atoms with Gasteiger partial charge in [0.2, 0.25) is 0 Å². The molecule has 0 saturated carbocycles. The summed E-state index contributed by atoms with van der Waals surface area (Å²) in [5.41, 5.74) is 0.648. The Morgan fingerprint density at radius 3 is 2.43 bits per heavy atom. The number of nitro benzene ring substituents is 1.